The SMILES string of the molecule is C[C@@H](NCCC(C)(C)n1ccnc1C(N)=O)c1ccccc1. The fourth-order valence-electron chi connectivity index (χ4n) is 2.55. The van der Waals surface area contributed by atoms with Crippen molar-refractivity contribution in [3.63, 3.8) is 0 Å². The molecule has 0 saturated carbocycles. The van der Waals surface area contributed by atoms with Crippen molar-refractivity contribution < 1.29 is 4.79 Å². The Labute approximate surface area is 131 Å². The molecule has 1 atom stereocenters. The second-order valence-electron chi connectivity index (χ2n) is 6.13. The standard InChI is InChI=1S/C17H24N4O/c1-13(14-7-5-4-6-8-14)19-10-9-17(2,3)21-12-11-20-16(21)15(18)22/h4-8,11-13,19H,9-10H2,1-3H3,(H2,18,22)/t13-/m1/s1. The summed E-state index contributed by atoms with van der Waals surface area (Å²) >= 11 is 0. The van der Waals surface area contributed by atoms with Crippen LogP contribution in [0, 0.1) is 0 Å². The Morgan fingerprint density at radius 3 is 2.68 bits per heavy atom. The molecule has 0 aliphatic heterocycles. The third-order valence-corrected chi connectivity index (χ3v) is 4.00. The van der Waals surface area contributed by atoms with Crippen LogP contribution in [-0.2, 0) is 5.54 Å². The van der Waals surface area contributed by atoms with Gasteiger partial charge in [0, 0.05) is 24.0 Å². The van der Waals surface area contributed by atoms with Crippen molar-refractivity contribution in [2.45, 2.75) is 38.8 Å². The Morgan fingerprint density at radius 1 is 1.36 bits per heavy atom. The van der Waals surface area contributed by atoms with E-state index in [4.69, 9.17) is 5.73 Å². The van der Waals surface area contributed by atoms with Gasteiger partial charge in [-0.1, -0.05) is 30.3 Å². The number of hydrogen-bond acceptors (Lipinski definition) is 3. The Morgan fingerprint density at radius 2 is 2.05 bits per heavy atom. The highest BCUT2D eigenvalue weighted by molar-refractivity contribution is 5.89. The highest BCUT2D eigenvalue weighted by Gasteiger charge is 2.24. The summed E-state index contributed by atoms with van der Waals surface area (Å²) in [6.45, 7) is 7.14. The first-order chi connectivity index (χ1) is 10.4. The maximum Gasteiger partial charge on any atom is 0.284 e. The van der Waals surface area contributed by atoms with Gasteiger partial charge in [-0.05, 0) is 39.3 Å². The van der Waals surface area contributed by atoms with E-state index in [0.717, 1.165) is 13.0 Å². The molecule has 5 heteroatoms. The van der Waals surface area contributed by atoms with E-state index in [0.29, 0.717) is 5.82 Å². The molecule has 2 aromatic rings. The van der Waals surface area contributed by atoms with Crippen LogP contribution >= 0.6 is 0 Å². The van der Waals surface area contributed by atoms with E-state index in [1.54, 1.807) is 12.4 Å². The van der Waals surface area contributed by atoms with Gasteiger partial charge in [-0.15, -0.1) is 0 Å². The number of nitrogens with zero attached hydrogens (tertiary/aromatic N) is 2. The molecule has 0 aliphatic carbocycles. The van der Waals surface area contributed by atoms with Crippen LogP contribution in [0.1, 0.15) is 49.4 Å². The summed E-state index contributed by atoms with van der Waals surface area (Å²) in [7, 11) is 0. The molecule has 1 aromatic heterocycles. The number of nitrogens with one attached hydrogen (secondary N) is 1. The predicted molar refractivity (Wildman–Crippen MR) is 87.5 cm³/mol. The van der Waals surface area contributed by atoms with E-state index in [1.165, 1.54) is 5.56 Å². The molecule has 1 amide bonds. The minimum atomic E-state index is -0.497. The van der Waals surface area contributed by atoms with Gasteiger partial charge >= 0.3 is 0 Å². The van der Waals surface area contributed by atoms with Crippen molar-refractivity contribution >= 4 is 5.91 Å². The van der Waals surface area contributed by atoms with E-state index >= 15 is 0 Å². The maximum absolute atomic E-state index is 11.4. The fourth-order valence-corrected chi connectivity index (χ4v) is 2.55. The summed E-state index contributed by atoms with van der Waals surface area (Å²) in [4.78, 5) is 15.5. The average Bonchev–Trinajstić information content (AvgIpc) is 2.98. The molecule has 1 aromatic carbocycles. The molecular formula is C17H24N4O. The summed E-state index contributed by atoms with van der Waals surface area (Å²) in [6, 6.07) is 10.6. The first-order valence-electron chi connectivity index (χ1n) is 7.54. The number of hydrogen-bond donors (Lipinski definition) is 2. The number of imidazole rings is 1. The van der Waals surface area contributed by atoms with E-state index < -0.39 is 5.91 Å². The van der Waals surface area contributed by atoms with Crippen LogP contribution < -0.4 is 11.1 Å². The third-order valence-electron chi connectivity index (χ3n) is 4.00. The quantitative estimate of drug-likeness (QED) is 0.825. The van der Waals surface area contributed by atoms with Gasteiger partial charge in [0.1, 0.15) is 0 Å². The zero-order valence-electron chi connectivity index (χ0n) is 13.4. The first-order valence-corrected chi connectivity index (χ1v) is 7.54. The topological polar surface area (TPSA) is 72.9 Å². The number of aromatic nitrogens is 2. The van der Waals surface area contributed by atoms with Crippen LogP contribution in [0.4, 0.5) is 0 Å². The lowest BCUT2D eigenvalue weighted by Gasteiger charge is -2.29. The molecule has 0 radical (unpaired) electrons. The molecule has 0 spiro atoms. The van der Waals surface area contributed by atoms with Gasteiger partial charge in [-0.25, -0.2) is 4.98 Å². The second-order valence-corrected chi connectivity index (χ2v) is 6.13. The van der Waals surface area contributed by atoms with Crippen LogP contribution in [-0.4, -0.2) is 22.0 Å². The highest BCUT2D eigenvalue weighted by Crippen LogP contribution is 2.21. The van der Waals surface area contributed by atoms with Gasteiger partial charge in [-0.3, -0.25) is 4.79 Å². The van der Waals surface area contributed by atoms with Gasteiger partial charge in [0.2, 0.25) is 0 Å². The number of nitrogens with two attached hydrogens (primary N) is 1. The van der Waals surface area contributed by atoms with E-state index in [1.807, 2.05) is 22.8 Å². The van der Waals surface area contributed by atoms with Crippen molar-refractivity contribution in [1.82, 2.24) is 14.9 Å². The van der Waals surface area contributed by atoms with E-state index in [2.05, 4.69) is 43.2 Å². The maximum atomic E-state index is 11.4. The van der Waals surface area contributed by atoms with E-state index in [-0.39, 0.29) is 11.6 Å². The van der Waals surface area contributed by atoms with Crippen LogP contribution in [0.25, 0.3) is 0 Å². The monoisotopic (exact) mass is 300 g/mol. The lowest BCUT2D eigenvalue weighted by Crippen LogP contribution is -2.34. The molecule has 0 unspecified atom stereocenters. The molecule has 0 fully saturated rings. The molecule has 1 heterocycles. The van der Waals surface area contributed by atoms with Crippen LogP contribution in [0.5, 0.6) is 0 Å². The average molecular weight is 300 g/mol. The summed E-state index contributed by atoms with van der Waals surface area (Å²) in [5, 5.41) is 3.52. The van der Waals surface area contributed by atoms with Gasteiger partial charge in [-0.2, -0.15) is 0 Å². The van der Waals surface area contributed by atoms with Crippen molar-refractivity contribution in [2.24, 2.45) is 5.73 Å². The summed E-state index contributed by atoms with van der Waals surface area (Å²) < 4.78 is 1.85. The number of benzene rings is 1. The largest absolute Gasteiger partial charge is 0.363 e. The fraction of sp³-hybridized carbons (Fsp3) is 0.412. The van der Waals surface area contributed by atoms with Crippen molar-refractivity contribution in [1.29, 1.82) is 0 Å². The smallest absolute Gasteiger partial charge is 0.284 e. The van der Waals surface area contributed by atoms with Crippen LogP contribution in [0.15, 0.2) is 42.7 Å². The molecule has 3 N–H and O–H groups in total. The number of primary amides is 1. The van der Waals surface area contributed by atoms with Gasteiger partial charge < -0.3 is 15.6 Å². The molecule has 0 bridgehead atoms. The Hall–Kier alpha value is -2.14. The molecule has 22 heavy (non-hydrogen) atoms. The Bertz CT molecular complexity index is 619. The number of amides is 1. The third kappa shape index (κ3) is 3.74. The Kier molecular flexibility index (Phi) is 4.98. The number of carbonyl (C=O) groups excluding carboxylic acids is 1. The van der Waals surface area contributed by atoms with Crippen molar-refractivity contribution in [2.75, 3.05) is 6.54 Å². The molecular weight excluding hydrogens is 276 g/mol. The first kappa shape index (κ1) is 16.2. The van der Waals surface area contributed by atoms with Crippen molar-refractivity contribution in [3.8, 4) is 0 Å². The van der Waals surface area contributed by atoms with Crippen LogP contribution in [0.2, 0.25) is 0 Å². The van der Waals surface area contributed by atoms with Crippen molar-refractivity contribution in [3.05, 3.63) is 54.1 Å². The zero-order valence-corrected chi connectivity index (χ0v) is 13.4. The normalized spacial score (nSPS) is 13.0. The van der Waals surface area contributed by atoms with E-state index in [9.17, 15) is 4.79 Å². The van der Waals surface area contributed by atoms with Gasteiger partial charge in [0.05, 0.1) is 0 Å². The Balaban J connectivity index is 1.95. The lowest BCUT2D eigenvalue weighted by molar-refractivity contribution is 0.0978. The van der Waals surface area contributed by atoms with Gasteiger partial charge in [0.25, 0.3) is 5.91 Å². The zero-order chi connectivity index (χ0) is 16.2. The molecule has 0 saturated heterocycles. The minimum absolute atomic E-state index is 0.232. The lowest BCUT2D eigenvalue weighted by atomic mass is 9.99. The summed E-state index contributed by atoms with van der Waals surface area (Å²) in [5.74, 6) is -0.190. The van der Waals surface area contributed by atoms with Crippen LogP contribution in [0.3, 0.4) is 0 Å². The predicted octanol–water partition coefficient (Wildman–Crippen LogP) is 2.46. The minimum Gasteiger partial charge on any atom is -0.363 e. The summed E-state index contributed by atoms with van der Waals surface area (Å²) in [5.41, 5.74) is 6.40. The molecule has 2 rings (SSSR count). The molecule has 118 valence electrons. The second kappa shape index (κ2) is 6.75. The molecule has 5 nitrogen and oxygen atoms in total. The van der Waals surface area contributed by atoms with Gasteiger partial charge in [0.15, 0.2) is 5.82 Å². The number of carbonyl (C=O) groups is 1. The molecule has 0 aliphatic rings. The summed E-state index contributed by atoms with van der Waals surface area (Å²) in [6.07, 6.45) is 4.28. The highest BCUT2D eigenvalue weighted by atomic mass is 16.1. The number of rotatable bonds is 7.